The Morgan fingerprint density at radius 1 is 1.25 bits per heavy atom. The third-order valence-corrected chi connectivity index (χ3v) is 4.68. The normalized spacial score (nSPS) is 18.8. The highest BCUT2D eigenvalue weighted by Crippen LogP contribution is 2.31. The molecule has 2 aromatic rings. The van der Waals surface area contributed by atoms with Gasteiger partial charge in [0, 0.05) is 11.8 Å². The molecule has 1 atom stereocenters. The maximum absolute atomic E-state index is 12.9. The fraction of sp³-hybridized carbons (Fsp3) is 0.250. The molecule has 8 nitrogen and oxygen atoms in total. The number of nitrogens with one attached hydrogen (secondary N) is 2. The van der Waals surface area contributed by atoms with Crippen LogP contribution in [0.2, 0.25) is 0 Å². The molecule has 3 N–H and O–H groups in total. The van der Waals surface area contributed by atoms with Crippen LogP contribution in [0.3, 0.4) is 0 Å². The van der Waals surface area contributed by atoms with Crippen molar-refractivity contribution in [2.45, 2.75) is 19.4 Å². The van der Waals surface area contributed by atoms with E-state index < -0.39 is 29.9 Å². The number of amides is 4. The summed E-state index contributed by atoms with van der Waals surface area (Å²) in [6.45, 7) is 3.00. The van der Waals surface area contributed by atoms with Gasteiger partial charge < -0.3 is 20.5 Å². The number of anilines is 1. The molecule has 1 aliphatic heterocycles. The molecule has 0 radical (unpaired) electrons. The van der Waals surface area contributed by atoms with Crippen LogP contribution in [0.15, 0.2) is 42.5 Å². The molecule has 1 unspecified atom stereocenters. The second-order valence-electron chi connectivity index (χ2n) is 6.73. The van der Waals surface area contributed by atoms with Gasteiger partial charge in [0.2, 0.25) is 5.91 Å². The van der Waals surface area contributed by atoms with Gasteiger partial charge in [0.1, 0.15) is 23.6 Å². The maximum atomic E-state index is 12.9. The summed E-state index contributed by atoms with van der Waals surface area (Å²) < 4.78 is 5.23. The molecule has 0 aromatic heterocycles. The maximum Gasteiger partial charge on any atom is 0.325 e. The van der Waals surface area contributed by atoms with Crippen molar-refractivity contribution in [3.05, 3.63) is 53.6 Å². The predicted molar refractivity (Wildman–Crippen MR) is 102 cm³/mol. The van der Waals surface area contributed by atoms with Gasteiger partial charge >= 0.3 is 6.03 Å². The number of urea groups is 1. The zero-order valence-electron chi connectivity index (χ0n) is 15.8. The molecular weight excluding hydrogens is 362 g/mol. The Hall–Kier alpha value is -3.55. The number of aromatic hydroxyl groups is 1. The number of nitrogens with zero attached hydrogens (tertiary/aromatic N) is 1. The van der Waals surface area contributed by atoms with Crippen LogP contribution in [0, 0.1) is 6.92 Å². The van der Waals surface area contributed by atoms with Gasteiger partial charge in [-0.2, -0.15) is 0 Å². The van der Waals surface area contributed by atoms with Crippen molar-refractivity contribution in [1.29, 1.82) is 0 Å². The predicted octanol–water partition coefficient (Wildman–Crippen LogP) is 2.11. The number of carbonyl (C=O) groups is 3. The molecule has 4 amide bonds. The molecular formula is C20H21N3O5. The average molecular weight is 383 g/mol. The number of hydrogen-bond donors (Lipinski definition) is 3. The molecule has 146 valence electrons. The number of phenolic OH excluding ortho intramolecular Hbond substituents is 1. The number of methoxy groups -OCH3 is 1. The Balaban J connectivity index is 1.77. The van der Waals surface area contributed by atoms with Crippen LogP contribution < -0.4 is 15.4 Å². The van der Waals surface area contributed by atoms with Gasteiger partial charge in [-0.05, 0) is 49.2 Å². The molecule has 1 fully saturated rings. The highest BCUT2D eigenvalue weighted by Gasteiger charge is 2.49. The summed E-state index contributed by atoms with van der Waals surface area (Å²) in [5, 5.41) is 14.7. The van der Waals surface area contributed by atoms with Crippen molar-refractivity contribution in [2.24, 2.45) is 0 Å². The standard InChI is InChI=1S/C20H21N3O5/c1-12-9-13(7-8-16(12)28-3)20(2)18(26)23(19(27)22-20)11-17(25)21-14-5-4-6-15(24)10-14/h4-10,24H,11H2,1-3H3,(H,21,25)(H,22,27). The van der Waals surface area contributed by atoms with E-state index in [4.69, 9.17) is 4.74 Å². The average Bonchev–Trinajstić information content (AvgIpc) is 2.85. The second-order valence-corrected chi connectivity index (χ2v) is 6.73. The molecule has 1 heterocycles. The number of ether oxygens (including phenoxy) is 1. The molecule has 2 aromatic carbocycles. The van der Waals surface area contributed by atoms with Crippen molar-refractivity contribution < 1.29 is 24.2 Å². The molecule has 0 aliphatic carbocycles. The van der Waals surface area contributed by atoms with Crippen LogP contribution in [-0.2, 0) is 15.1 Å². The van der Waals surface area contributed by atoms with Crippen molar-refractivity contribution in [3.8, 4) is 11.5 Å². The van der Waals surface area contributed by atoms with E-state index in [0.717, 1.165) is 10.5 Å². The highest BCUT2D eigenvalue weighted by molar-refractivity contribution is 6.10. The zero-order valence-corrected chi connectivity index (χ0v) is 15.8. The van der Waals surface area contributed by atoms with E-state index in [1.807, 2.05) is 6.92 Å². The van der Waals surface area contributed by atoms with Crippen molar-refractivity contribution in [3.63, 3.8) is 0 Å². The van der Waals surface area contributed by atoms with Gasteiger partial charge in [0.25, 0.3) is 5.91 Å². The summed E-state index contributed by atoms with van der Waals surface area (Å²) in [6.07, 6.45) is 0. The first kappa shape index (κ1) is 19.2. The van der Waals surface area contributed by atoms with E-state index in [2.05, 4.69) is 10.6 Å². The van der Waals surface area contributed by atoms with Gasteiger partial charge in [-0.15, -0.1) is 0 Å². The molecule has 0 spiro atoms. The van der Waals surface area contributed by atoms with E-state index in [0.29, 0.717) is 17.0 Å². The minimum Gasteiger partial charge on any atom is -0.508 e. The van der Waals surface area contributed by atoms with Crippen LogP contribution in [0.5, 0.6) is 11.5 Å². The van der Waals surface area contributed by atoms with E-state index in [9.17, 15) is 19.5 Å². The highest BCUT2D eigenvalue weighted by atomic mass is 16.5. The van der Waals surface area contributed by atoms with E-state index >= 15 is 0 Å². The summed E-state index contributed by atoms with van der Waals surface area (Å²) in [5.41, 5.74) is 0.508. The fourth-order valence-electron chi connectivity index (χ4n) is 3.15. The summed E-state index contributed by atoms with van der Waals surface area (Å²) in [7, 11) is 1.55. The lowest BCUT2D eigenvalue weighted by atomic mass is 9.90. The second kappa shape index (κ2) is 7.22. The number of imide groups is 1. The lowest BCUT2D eigenvalue weighted by molar-refractivity contribution is -0.133. The minimum atomic E-state index is -1.28. The number of hydrogen-bond acceptors (Lipinski definition) is 5. The Labute approximate surface area is 162 Å². The molecule has 3 rings (SSSR count). The molecule has 8 heteroatoms. The molecule has 1 aliphatic rings. The quantitative estimate of drug-likeness (QED) is 0.686. The van der Waals surface area contributed by atoms with Crippen molar-refractivity contribution in [2.75, 3.05) is 19.0 Å². The van der Waals surface area contributed by atoms with E-state index in [1.165, 1.54) is 12.1 Å². The molecule has 0 saturated carbocycles. The van der Waals surface area contributed by atoms with Crippen molar-refractivity contribution >= 4 is 23.5 Å². The Morgan fingerprint density at radius 3 is 2.64 bits per heavy atom. The van der Waals surface area contributed by atoms with E-state index in [1.54, 1.807) is 44.4 Å². The smallest absolute Gasteiger partial charge is 0.325 e. The van der Waals surface area contributed by atoms with Crippen LogP contribution in [0.25, 0.3) is 0 Å². The minimum absolute atomic E-state index is 0.00440. The van der Waals surface area contributed by atoms with Crippen LogP contribution in [-0.4, -0.2) is 41.5 Å². The fourth-order valence-corrected chi connectivity index (χ4v) is 3.15. The lowest BCUT2D eigenvalue weighted by Crippen LogP contribution is -2.42. The molecule has 28 heavy (non-hydrogen) atoms. The van der Waals surface area contributed by atoms with E-state index in [-0.39, 0.29) is 5.75 Å². The van der Waals surface area contributed by atoms with Gasteiger partial charge in [0.05, 0.1) is 7.11 Å². The van der Waals surface area contributed by atoms with Crippen LogP contribution in [0.1, 0.15) is 18.1 Å². The zero-order chi connectivity index (χ0) is 20.5. The molecule has 1 saturated heterocycles. The topological polar surface area (TPSA) is 108 Å². The summed E-state index contributed by atoms with van der Waals surface area (Å²) in [4.78, 5) is 38.5. The van der Waals surface area contributed by atoms with Crippen LogP contribution >= 0.6 is 0 Å². The van der Waals surface area contributed by atoms with Gasteiger partial charge in [-0.3, -0.25) is 14.5 Å². The first-order valence-corrected chi connectivity index (χ1v) is 8.62. The monoisotopic (exact) mass is 383 g/mol. The largest absolute Gasteiger partial charge is 0.508 e. The Morgan fingerprint density at radius 2 is 2.00 bits per heavy atom. The molecule has 0 bridgehead atoms. The number of phenols is 1. The SMILES string of the molecule is COc1ccc(C2(C)NC(=O)N(CC(=O)Nc3cccc(O)c3)C2=O)cc1C. The summed E-state index contributed by atoms with van der Waals surface area (Å²) in [5.74, 6) is -0.404. The first-order valence-electron chi connectivity index (χ1n) is 8.62. The lowest BCUT2D eigenvalue weighted by Gasteiger charge is -2.23. The summed E-state index contributed by atoms with van der Waals surface area (Å²) >= 11 is 0. The Kier molecular flexibility index (Phi) is 4.96. The van der Waals surface area contributed by atoms with Gasteiger partial charge in [-0.1, -0.05) is 12.1 Å². The first-order chi connectivity index (χ1) is 13.2. The summed E-state index contributed by atoms with van der Waals surface area (Å²) in [6, 6.07) is 10.6. The van der Waals surface area contributed by atoms with Crippen LogP contribution in [0.4, 0.5) is 10.5 Å². The third kappa shape index (κ3) is 3.48. The van der Waals surface area contributed by atoms with Crippen molar-refractivity contribution in [1.82, 2.24) is 10.2 Å². The third-order valence-electron chi connectivity index (χ3n) is 4.68. The number of carbonyl (C=O) groups excluding carboxylic acids is 3. The number of rotatable bonds is 5. The van der Waals surface area contributed by atoms with Gasteiger partial charge in [0.15, 0.2) is 0 Å². The Bertz CT molecular complexity index is 959. The number of aryl methyl sites for hydroxylation is 1. The van der Waals surface area contributed by atoms with Gasteiger partial charge in [-0.25, -0.2) is 4.79 Å². The number of benzene rings is 2.